The summed E-state index contributed by atoms with van der Waals surface area (Å²) in [5.41, 5.74) is 1.63. The van der Waals surface area contributed by atoms with Crippen LogP contribution in [0.5, 0.6) is 0 Å². The maximum Gasteiger partial charge on any atom is 0.252 e. The molecule has 1 aromatic heterocycles. The standard InChI is InChI=1S/C17H21N3OS/c21-16-13-15(14-7-3-1-4-8-14)18-17(19-16)22-12-11-20-9-5-2-6-10-20/h1,3-4,7-8,13H,2,5-6,9-12H2,(H,18,19,21). The van der Waals surface area contributed by atoms with Crippen LogP contribution in [0.15, 0.2) is 46.3 Å². The molecular weight excluding hydrogens is 294 g/mol. The summed E-state index contributed by atoms with van der Waals surface area (Å²) in [6, 6.07) is 11.4. The van der Waals surface area contributed by atoms with Gasteiger partial charge in [0.2, 0.25) is 0 Å². The number of likely N-dealkylation sites (tertiary alicyclic amines) is 1. The summed E-state index contributed by atoms with van der Waals surface area (Å²) in [5.74, 6) is 0.960. The average Bonchev–Trinajstić information content (AvgIpc) is 2.56. The second kappa shape index (κ2) is 7.61. The number of H-pyrrole nitrogens is 1. The summed E-state index contributed by atoms with van der Waals surface area (Å²) in [6.45, 7) is 3.47. The van der Waals surface area contributed by atoms with Crippen molar-refractivity contribution in [1.82, 2.24) is 14.9 Å². The average molecular weight is 315 g/mol. The van der Waals surface area contributed by atoms with Gasteiger partial charge < -0.3 is 9.88 Å². The molecule has 0 aliphatic carbocycles. The Morgan fingerprint density at radius 1 is 1.14 bits per heavy atom. The highest BCUT2D eigenvalue weighted by atomic mass is 32.2. The largest absolute Gasteiger partial charge is 0.303 e. The third kappa shape index (κ3) is 4.21. The number of thioether (sulfide) groups is 1. The van der Waals surface area contributed by atoms with Crippen LogP contribution in [-0.2, 0) is 0 Å². The second-order valence-electron chi connectivity index (χ2n) is 5.55. The van der Waals surface area contributed by atoms with E-state index in [0.29, 0.717) is 5.16 Å². The summed E-state index contributed by atoms with van der Waals surface area (Å²) in [5, 5.41) is 0.711. The Balaban J connectivity index is 1.64. The van der Waals surface area contributed by atoms with Crippen LogP contribution in [0.3, 0.4) is 0 Å². The van der Waals surface area contributed by atoms with E-state index < -0.39 is 0 Å². The summed E-state index contributed by atoms with van der Waals surface area (Å²) < 4.78 is 0. The topological polar surface area (TPSA) is 49.0 Å². The van der Waals surface area contributed by atoms with Gasteiger partial charge in [0, 0.05) is 23.9 Å². The zero-order valence-corrected chi connectivity index (χ0v) is 13.4. The van der Waals surface area contributed by atoms with Crippen LogP contribution in [0.4, 0.5) is 0 Å². The van der Waals surface area contributed by atoms with Gasteiger partial charge in [0.25, 0.3) is 5.56 Å². The van der Waals surface area contributed by atoms with E-state index in [-0.39, 0.29) is 5.56 Å². The van der Waals surface area contributed by atoms with E-state index in [9.17, 15) is 4.79 Å². The lowest BCUT2D eigenvalue weighted by atomic mass is 10.1. The molecule has 1 fully saturated rings. The van der Waals surface area contributed by atoms with Gasteiger partial charge in [-0.2, -0.15) is 0 Å². The monoisotopic (exact) mass is 315 g/mol. The van der Waals surface area contributed by atoms with E-state index in [1.165, 1.54) is 32.4 Å². The number of benzene rings is 1. The Morgan fingerprint density at radius 2 is 1.91 bits per heavy atom. The summed E-state index contributed by atoms with van der Waals surface area (Å²) in [4.78, 5) is 21.7. The summed E-state index contributed by atoms with van der Waals surface area (Å²) >= 11 is 1.63. The van der Waals surface area contributed by atoms with E-state index >= 15 is 0 Å². The molecule has 3 rings (SSSR count). The van der Waals surface area contributed by atoms with Crippen LogP contribution in [-0.4, -0.2) is 40.3 Å². The predicted octanol–water partition coefficient (Wildman–Crippen LogP) is 3.01. The first-order valence-corrected chi connectivity index (χ1v) is 8.82. The van der Waals surface area contributed by atoms with E-state index in [4.69, 9.17) is 0 Å². The molecule has 0 atom stereocenters. The van der Waals surface area contributed by atoms with E-state index in [1.54, 1.807) is 17.8 Å². The molecule has 0 spiro atoms. The lowest BCUT2D eigenvalue weighted by Crippen LogP contribution is -2.31. The van der Waals surface area contributed by atoms with Crippen molar-refractivity contribution in [3.05, 3.63) is 46.8 Å². The number of aromatic nitrogens is 2. The molecule has 0 amide bonds. The highest BCUT2D eigenvalue weighted by molar-refractivity contribution is 7.99. The van der Waals surface area contributed by atoms with Gasteiger partial charge in [-0.15, -0.1) is 0 Å². The quantitative estimate of drug-likeness (QED) is 0.680. The number of hydrogen-bond acceptors (Lipinski definition) is 4. The Hall–Kier alpha value is -1.59. The molecule has 0 bridgehead atoms. The highest BCUT2D eigenvalue weighted by Crippen LogP contribution is 2.19. The lowest BCUT2D eigenvalue weighted by Gasteiger charge is -2.25. The smallest absolute Gasteiger partial charge is 0.252 e. The fraction of sp³-hybridized carbons (Fsp3) is 0.412. The van der Waals surface area contributed by atoms with Gasteiger partial charge in [0.05, 0.1) is 5.69 Å². The molecule has 22 heavy (non-hydrogen) atoms. The molecule has 0 radical (unpaired) electrons. The van der Waals surface area contributed by atoms with Crippen molar-refractivity contribution in [1.29, 1.82) is 0 Å². The minimum Gasteiger partial charge on any atom is -0.303 e. The van der Waals surface area contributed by atoms with Crippen molar-refractivity contribution in [3.8, 4) is 11.3 Å². The lowest BCUT2D eigenvalue weighted by molar-refractivity contribution is 0.242. The van der Waals surface area contributed by atoms with Crippen molar-refractivity contribution in [2.75, 3.05) is 25.4 Å². The SMILES string of the molecule is O=c1cc(-c2ccccc2)nc(SCCN2CCCCC2)[nH]1. The second-order valence-corrected chi connectivity index (χ2v) is 6.64. The molecule has 2 heterocycles. The van der Waals surface area contributed by atoms with Crippen LogP contribution in [0.25, 0.3) is 11.3 Å². The van der Waals surface area contributed by atoms with Crippen molar-refractivity contribution in [3.63, 3.8) is 0 Å². The molecule has 5 heteroatoms. The van der Waals surface area contributed by atoms with Crippen LogP contribution < -0.4 is 5.56 Å². The first kappa shape index (κ1) is 15.3. The Morgan fingerprint density at radius 3 is 2.68 bits per heavy atom. The number of nitrogens with zero attached hydrogens (tertiary/aromatic N) is 2. The van der Waals surface area contributed by atoms with Crippen LogP contribution in [0.1, 0.15) is 19.3 Å². The highest BCUT2D eigenvalue weighted by Gasteiger charge is 2.10. The van der Waals surface area contributed by atoms with Gasteiger partial charge in [0.1, 0.15) is 0 Å². The van der Waals surface area contributed by atoms with Crippen molar-refractivity contribution >= 4 is 11.8 Å². The van der Waals surface area contributed by atoms with E-state index in [0.717, 1.165) is 23.6 Å². The van der Waals surface area contributed by atoms with Gasteiger partial charge in [-0.3, -0.25) is 4.79 Å². The summed E-state index contributed by atoms with van der Waals surface area (Å²) in [7, 11) is 0. The fourth-order valence-electron chi connectivity index (χ4n) is 2.71. The van der Waals surface area contributed by atoms with Gasteiger partial charge in [-0.05, 0) is 25.9 Å². The maximum atomic E-state index is 11.8. The molecule has 0 saturated carbocycles. The normalized spacial score (nSPS) is 15.8. The molecule has 116 valence electrons. The molecular formula is C17H21N3OS. The Labute approximate surface area is 135 Å². The Bertz CT molecular complexity index is 650. The fourth-order valence-corrected chi connectivity index (χ4v) is 3.59. The summed E-state index contributed by atoms with van der Waals surface area (Å²) in [6.07, 6.45) is 3.98. The number of aromatic amines is 1. The molecule has 1 aliphatic heterocycles. The van der Waals surface area contributed by atoms with E-state index in [1.807, 2.05) is 30.3 Å². The van der Waals surface area contributed by atoms with Gasteiger partial charge in [-0.25, -0.2) is 4.98 Å². The first-order valence-electron chi connectivity index (χ1n) is 7.83. The van der Waals surface area contributed by atoms with Crippen LogP contribution in [0.2, 0.25) is 0 Å². The minimum atomic E-state index is -0.0886. The zero-order valence-electron chi connectivity index (χ0n) is 12.6. The third-order valence-electron chi connectivity index (χ3n) is 3.88. The third-order valence-corrected chi connectivity index (χ3v) is 4.74. The van der Waals surface area contributed by atoms with E-state index in [2.05, 4.69) is 14.9 Å². The van der Waals surface area contributed by atoms with Gasteiger partial charge in [0.15, 0.2) is 5.16 Å². The molecule has 1 saturated heterocycles. The molecule has 2 aromatic rings. The number of hydrogen-bond donors (Lipinski definition) is 1. The number of piperidine rings is 1. The van der Waals surface area contributed by atoms with Gasteiger partial charge in [-0.1, -0.05) is 48.5 Å². The van der Waals surface area contributed by atoms with Crippen LogP contribution >= 0.6 is 11.8 Å². The molecule has 1 aliphatic rings. The molecule has 1 N–H and O–H groups in total. The Kier molecular flexibility index (Phi) is 5.29. The molecule has 1 aromatic carbocycles. The first-order chi connectivity index (χ1) is 10.8. The minimum absolute atomic E-state index is 0.0886. The number of nitrogens with one attached hydrogen (secondary N) is 1. The van der Waals surface area contributed by atoms with Crippen molar-refractivity contribution in [2.24, 2.45) is 0 Å². The maximum absolute atomic E-state index is 11.8. The predicted molar refractivity (Wildman–Crippen MR) is 91.3 cm³/mol. The van der Waals surface area contributed by atoms with Crippen molar-refractivity contribution < 1.29 is 0 Å². The number of rotatable bonds is 5. The molecule has 4 nitrogen and oxygen atoms in total. The molecule has 0 unspecified atom stereocenters. The van der Waals surface area contributed by atoms with Crippen molar-refractivity contribution in [2.45, 2.75) is 24.4 Å². The van der Waals surface area contributed by atoms with Gasteiger partial charge >= 0.3 is 0 Å². The van der Waals surface area contributed by atoms with Crippen LogP contribution in [0, 0.1) is 0 Å². The zero-order chi connectivity index (χ0) is 15.2.